The summed E-state index contributed by atoms with van der Waals surface area (Å²) in [5.74, 6) is 0.0716. The maximum Gasteiger partial charge on any atom is 0.252 e. The summed E-state index contributed by atoms with van der Waals surface area (Å²) in [6, 6.07) is 5.66. The van der Waals surface area contributed by atoms with Crippen molar-refractivity contribution in [1.82, 2.24) is 0 Å². The van der Waals surface area contributed by atoms with Gasteiger partial charge in [-0.2, -0.15) is 0 Å². The Morgan fingerprint density at radius 2 is 2.05 bits per heavy atom. The van der Waals surface area contributed by atoms with Crippen molar-refractivity contribution in [2.45, 2.75) is 25.8 Å². The number of halogens is 1. The minimum absolute atomic E-state index is 0.220. The van der Waals surface area contributed by atoms with Gasteiger partial charge in [0.05, 0.1) is 16.3 Å². The lowest BCUT2D eigenvalue weighted by atomic mass is 9.90. The van der Waals surface area contributed by atoms with Gasteiger partial charge >= 0.3 is 0 Å². The van der Waals surface area contributed by atoms with Gasteiger partial charge in [-0.1, -0.05) is 17.7 Å². The molecule has 1 aromatic rings. The van der Waals surface area contributed by atoms with Crippen LogP contribution in [-0.2, 0) is 0 Å². The molecule has 0 aromatic heterocycles. The first-order valence-electron chi connectivity index (χ1n) is 6.59. The van der Waals surface area contributed by atoms with E-state index in [2.05, 4.69) is 11.8 Å². The molecule has 1 saturated heterocycles. The minimum Gasteiger partial charge on any atom is -0.371 e. The number of hydrogen-bond donors (Lipinski definition) is 2. The minimum atomic E-state index is -0.477. The molecular formula is C14H20ClN3O. The van der Waals surface area contributed by atoms with Crippen molar-refractivity contribution in [2.75, 3.05) is 18.0 Å². The van der Waals surface area contributed by atoms with Gasteiger partial charge < -0.3 is 16.4 Å². The van der Waals surface area contributed by atoms with Crippen LogP contribution in [0, 0.1) is 5.92 Å². The molecule has 2 rings (SSSR count). The van der Waals surface area contributed by atoms with Gasteiger partial charge in [0.15, 0.2) is 0 Å². The summed E-state index contributed by atoms with van der Waals surface area (Å²) in [5, 5.41) is 0.416. The standard InChI is InChI=1S/C14H20ClN3O/c1-9(16)10-5-7-18(8-6-10)12-4-2-3-11(15)13(12)14(17)19/h2-4,9-10H,5-8,16H2,1H3,(H2,17,19). The number of anilines is 1. The summed E-state index contributed by atoms with van der Waals surface area (Å²) in [4.78, 5) is 13.7. The molecule has 1 aliphatic heterocycles. The maximum absolute atomic E-state index is 11.5. The topological polar surface area (TPSA) is 72.3 Å². The average Bonchev–Trinajstić information content (AvgIpc) is 2.38. The zero-order valence-corrected chi connectivity index (χ0v) is 11.9. The third-order valence-electron chi connectivity index (χ3n) is 3.86. The highest BCUT2D eigenvalue weighted by Crippen LogP contribution is 2.30. The van der Waals surface area contributed by atoms with Gasteiger partial charge in [0.25, 0.3) is 5.91 Å². The van der Waals surface area contributed by atoms with Gasteiger partial charge in [-0.3, -0.25) is 4.79 Å². The zero-order valence-electron chi connectivity index (χ0n) is 11.1. The first-order chi connectivity index (χ1) is 9.00. The molecule has 1 aromatic carbocycles. The fraction of sp³-hybridized carbons (Fsp3) is 0.500. The van der Waals surface area contributed by atoms with Crippen LogP contribution in [0.15, 0.2) is 18.2 Å². The van der Waals surface area contributed by atoms with E-state index in [1.807, 2.05) is 12.1 Å². The molecule has 0 aliphatic carbocycles. The molecule has 5 heteroatoms. The number of rotatable bonds is 3. The number of piperidine rings is 1. The summed E-state index contributed by atoms with van der Waals surface area (Å²) in [6.07, 6.45) is 2.06. The van der Waals surface area contributed by atoms with E-state index in [0.29, 0.717) is 16.5 Å². The second-order valence-electron chi connectivity index (χ2n) is 5.18. The number of benzene rings is 1. The Bertz CT molecular complexity index is 468. The van der Waals surface area contributed by atoms with Gasteiger partial charge in [-0.05, 0) is 37.8 Å². The lowest BCUT2D eigenvalue weighted by Gasteiger charge is -2.36. The van der Waals surface area contributed by atoms with E-state index >= 15 is 0 Å². The number of carbonyl (C=O) groups excluding carboxylic acids is 1. The van der Waals surface area contributed by atoms with E-state index in [4.69, 9.17) is 23.1 Å². The van der Waals surface area contributed by atoms with Gasteiger partial charge in [-0.15, -0.1) is 0 Å². The van der Waals surface area contributed by atoms with Crippen LogP contribution in [0.25, 0.3) is 0 Å². The van der Waals surface area contributed by atoms with Crippen LogP contribution in [0.2, 0.25) is 5.02 Å². The highest BCUT2D eigenvalue weighted by Gasteiger charge is 2.25. The molecule has 0 bridgehead atoms. The van der Waals surface area contributed by atoms with Gasteiger partial charge in [0.1, 0.15) is 0 Å². The molecule has 0 spiro atoms. The fourth-order valence-corrected chi connectivity index (χ4v) is 2.95. The van der Waals surface area contributed by atoms with E-state index in [9.17, 15) is 4.79 Å². The molecule has 104 valence electrons. The van der Waals surface area contributed by atoms with Gasteiger partial charge in [-0.25, -0.2) is 0 Å². The Labute approximate surface area is 118 Å². The lowest BCUT2D eigenvalue weighted by Crippen LogP contribution is -2.40. The Kier molecular flexibility index (Phi) is 4.32. The maximum atomic E-state index is 11.5. The monoisotopic (exact) mass is 281 g/mol. The Hall–Kier alpha value is -1.26. The van der Waals surface area contributed by atoms with E-state index in [1.165, 1.54) is 0 Å². The molecule has 4 N–H and O–H groups in total. The predicted octanol–water partition coefficient (Wildman–Crippen LogP) is 2.00. The lowest BCUT2D eigenvalue weighted by molar-refractivity contribution is 0.100. The molecule has 0 saturated carbocycles. The highest BCUT2D eigenvalue weighted by atomic mass is 35.5. The second kappa shape index (κ2) is 5.80. The molecule has 1 fully saturated rings. The molecular weight excluding hydrogens is 262 g/mol. The molecule has 4 nitrogen and oxygen atoms in total. The third kappa shape index (κ3) is 3.01. The SMILES string of the molecule is CC(N)C1CCN(c2cccc(Cl)c2C(N)=O)CC1. The predicted molar refractivity (Wildman–Crippen MR) is 78.6 cm³/mol. The molecule has 0 radical (unpaired) electrons. The third-order valence-corrected chi connectivity index (χ3v) is 4.18. The number of nitrogens with zero attached hydrogens (tertiary/aromatic N) is 1. The van der Waals surface area contributed by atoms with Crippen molar-refractivity contribution in [3.05, 3.63) is 28.8 Å². The number of carbonyl (C=O) groups is 1. The highest BCUT2D eigenvalue weighted by molar-refractivity contribution is 6.34. The second-order valence-corrected chi connectivity index (χ2v) is 5.59. The van der Waals surface area contributed by atoms with Crippen LogP contribution < -0.4 is 16.4 Å². The van der Waals surface area contributed by atoms with Crippen molar-refractivity contribution in [3.8, 4) is 0 Å². The normalized spacial score (nSPS) is 18.4. The number of primary amides is 1. The van der Waals surface area contributed by atoms with Crippen molar-refractivity contribution < 1.29 is 4.79 Å². The van der Waals surface area contributed by atoms with Gasteiger partial charge in [0, 0.05) is 19.1 Å². The number of nitrogens with two attached hydrogens (primary N) is 2. The van der Waals surface area contributed by atoms with E-state index in [1.54, 1.807) is 6.07 Å². The van der Waals surface area contributed by atoms with Gasteiger partial charge in [0.2, 0.25) is 0 Å². The summed E-state index contributed by atoms with van der Waals surface area (Å²) >= 11 is 6.08. The number of amides is 1. The number of hydrogen-bond acceptors (Lipinski definition) is 3. The first kappa shape index (κ1) is 14.2. The summed E-state index contributed by atoms with van der Waals surface area (Å²) in [6.45, 7) is 3.81. The fourth-order valence-electron chi connectivity index (χ4n) is 2.69. The average molecular weight is 282 g/mol. The van der Waals surface area contributed by atoms with Crippen molar-refractivity contribution in [3.63, 3.8) is 0 Å². The van der Waals surface area contributed by atoms with E-state index in [-0.39, 0.29) is 6.04 Å². The van der Waals surface area contributed by atoms with Crippen molar-refractivity contribution >= 4 is 23.2 Å². The molecule has 1 amide bonds. The van der Waals surface area contributed by atoms with E-state index in [0.717, 1.165) is 31.6 Å². The Morgan fingerprint density at radius 1 is 1.42 bits per heavy atom. The van der Waals surface area contributed by atoms with Crippen molar-refractivity contribution in [2.24, 2.45) is 17.4 Å². The van der Waals surface area contributed by atoms with Crippen molar-refractivity contribution in [1.29, 1.82) is 0 Å². The van der Waals surface area contributed by atoms with Crippen LogP contribution >= 0.6 is 11.6 Å². The van der Waals surface area contributed by atoms with Crippen LogP contribution in [0.4, 0.5) is 5.69 Å². The molecule has 1 unspecified atom stereocenters. The molecule has 1 aliphatic rings. The zero-order chi connectivity index (χ0) is 14.0. The first-order valence-corrected chi connectivity index (χ1v) is 6.97. The largest absolute Gasteiger partial charge is 0.371 e. The summed E-state index contributed by atoms with van der Waals surface area (Å²) in [5.41, 5.74) is 12.6. The quantitative estimate of drug-likeness (QED) is 0.890. The van der Waals surface area contributed by atoms with Crippen LogP contribution in [-0.4, -0.2) is 25.0 Å². The van der Waals surface area contributed by atoms with Crippen LogP contribution in [0.5, 0.6) is 0 Å². The summed E-state index contributed by atoms with van der Waals surface area (Å²) in [7, 11) is 0. The molecule has 1 heterocycles. The summed E-state index contributed by atoms with van der Waals surface area (Å²) < 4.78 is 0. The molecule has 1 atom stereocenters. The Balaban J connectivity index is 2.20. The molecule has 19 heavy (non-hydrogen) atoms. The van der Waals surface area contributed by atoms with Crippen LogP contribution in [0.3, 0.4) is 0 Å². The van der Waals surface area contributed by atoms with Crippen LogP contribution in [0.1, 0.15) is 30.1 Å². The smallest absolute Gasteiger partial charge is 0.252 e. The van der Waals surface area contributed by atoms with E-state index < -0.39 is 5.91 Å². The Morgan fingerprint density at radius 3 is 2.58 bits per heavy atom.